The molecule has 0 atom stereocenters. The molecule has 0 amide bonds. The van der Waals surface area contributed by atoms with Crippen LogP contribution in [-0.4, -0.2) is 30.6 Å². The topological polar surface area (TPSA) is 15.3 Å². The van der Waals surface area contributed by atoms with E-state index in [1.165, 1.54) is 0 Å². The van der Waals surface area contributed by atoms with Gasteiger partial charge in [-0.15, -0.1) is 0 Å². The van der Waals surface area contributed by atoms with Crippen LogP contribution in [0.4, 0.5) is 13.2 Å². The van der Waals surface area contributed by atoms with Crippen LogP contribution in [0.15, 0.2) is 12.1 Å². The highest BCUT2D eigenvalue weighted by Gasteiger charge is 2.12. The maximum Gasteiger partial charge on any atom is 0.194 e. The van der Waals surface area contributed by atoms with Crippen molar-refractivity contribution in [3.63, 3.8) is 0 Å². The Bertz CT molecular complexity index is 404. The molecule has 0 radical (unpaired) electrons. The minimum Gasteiger partial charge on any atom is -0.311 e. The first-order valence-electron chi connectivity index (χ1n) is 6.26. The van der Waals surface area contributed by atoms with E-state index in [1.54, 1.807) is 0 Å². The Morgan fingerprint density at radius 1 is 1.11 bits per heavy atom. The molecule has 19 heavy (non-hydrogen) atoms. The van der Waals surface area contributed by atoms with Gasteiger partial charge in [-0.1, -0.05) is 0 Å². The monoisotopic (exact) mass is 274 g/mol. The number of nitrogens with one attached hydrogen (secondary N) is 1. The highest BCUT2D eigenvalue weighted by Crippen LogP contribution is 2.14. The SMILES string of the molecule is CN(CCNC(C)(C)C)Cc1cc(F)c(F)c(F)c1. The number of halogens is 3. The predicted molar refractivity (Wildman–Crippen MR) is 70.4 cm³/mol. The second kappa shape index (κ2) is 6.39. The largest absolute Gasteiger partial charge is 0.311 e. The maximum absolute atomic E-state index is 13.1. The maximum atomic E-state index is 13.1. The third-order valence-corrected chi connectivity index (χ3v) is 2.64. The first kappa shape index (κ1) is 16.0. The molecule has 0 aliphatic heterocycles. The normalized spacial score (nSPS) is 12.2. The Kier molecular flexibility index (Phi) is 5.38. The number of benzene rings is 1. The number of hydrogen-bond donors (Lipinski definition) is 1. The summed E-state index contributed by atoms with van der Waals surface area (Å²) in [6.45, 7) is 8.08. The molecule has 0 fully saturated rings. The van der Waals surface area contributed by atoms with Gasteiger partial charge in [0.15, 0.2) is 17.5 Å². The van der Waals surface area contributed by atoms with Gasteiger partial charge in [-0.05, 0) is 45.5 Å². The summed E-state index contributed by atoms with van der Waals surface area (Å²) in [6, 6.07) is 2.07. The molecule has 0 unspecified atom stereocenters. The fourth-order valence-electron chi connectivity index (χ4n) is 1.71. The van der Waals surface area contributed by atoms with Gasteiger partial charge in [0.25, 0.3) is 0 Å². The lowest BCUT2D eigenvalue weighted by Crippen LogP contribution is -2.40. The van der Waals surface area contributed by atoms with Crippen LogP contribution in [-0.2, 0) is 6.54 Å². The fraction of sp³-hybridized carbons (Fsp3) is 0.571. The van der Waals surface area contributed by atoms with Crippen LogP contribution in [0, 0.1) is 17.5 Å². The third kappa shape index (κ3) is 5.61. The Balaban J connectivity index is 2.51. The molecular formula is C14H21F3N2. The number of hydrogen-bond acceptors (Lipinski definition) is 2. The summed E-state index contributed by atoms with van der Waals surface area (Å²) in [6.07, 6.45) is 0. The van der Waals surface area contributed by atoms with Crippen LogP contribution in [0.25, 0.3) is 0 Å². The van der Waals surface area contributed by atoms with Crippen molar-refractivity contribution < 1.29 is 13.2 Å². The van der Waals surface area contributed by atoms with E-state index in [1.807, 2.05) is 11.9 Å². The van der Waals surface area contributed by atoms with Crippen molar-refractivity contribution in [2.45, 2.75) is 32.9 Å². The Morgan fingerprint density at radius 2 is 1.63 bits per heavy atom. The zero-order valence-corrected chi connectivity index (χ0v) is 11.9. The summed E-state index contributed by atoms with van der Waals surface area (Å²) >= 11 is 0. The van der Waals surface area contributed by atoms with E-state index in [0.717, 1.165) is 25.2 Å². The van der Waals surface area contributed by atoms with Gasteiger partial charge >= 0.3 is 0 Å². The minimum atomic E-state index is -1.42. The van der Waals surface area contributed by atoms with Crippen molar-refractivity contribution in [2.75, 3.05) is 20.1 Å². The molecule has 0 saturated heterocycles. The van der Waals surface area contributed by atoms with Gasteiger partial charge in [-0.25, -0.2) is 13.2 Å². The lowest BCUT2D eigenvalue weighted by molar-refractivity contribution is 0.302. The molecule has 0 aromatic heterocycles. The minimum absolute atomic E-state index is 0.0366. The predicted octanol–water partition coefficient (Wildman–Crippen LogP) is 2.92. The van der Waals surface area contributed by atoms with E-state index >= 15 is 0 Å². The Morgan fingerprint density at radius 3 is 2.11 bits per heavy atom. The third-order valence-electron chi connectivity index (χ3n) is 2.64. The van der Waals surface area contributed by atoms with Gasteiger partial charge in [0.05, 0.1) is 0 Å². The molecule has 0 bridgehead atoms. The van der Waals surface area contributed by atoms with Gasteiger partial charge < -0.3 is 10.2 Å². The number of nitrogens with zero attached hydrogens (tertiary/aromatic N) is 1. The molecule has 0 aliphatic rings. The van der Waals surface area contributed by atoms with Crippen molar-refractivity contribution >= 4 is 0 Å². The van der Waals surface area contributed by atoms with Crippen LogP contribution in [0.2, 0.25) is 0 Å². The van der Waals surface area contributed by atoms with E-state index < -0.39 is 17.5 Å². The molecule has 5 heteroatoms. The lowest BCUT2D eigenvalue weighted by Gasteiger charge is -2.23. The van der Waals surface area contributed by atoms with Crippen LogP contribution >= 0.6 is 0 Å². The molecule has 1 aromatic rings. The second-order valence-electron chi connectivity index (χ2n) is 5.79. The highest BCUT2D eigenvalue weighted by atomic mass is 19.2. The second-order valence-corrected chi connectivity index (χ2v) is 5.79. The number of likely N-dealkylation sites (N-methyl/N-ethyl adjacent to an activating group) is 1. The standard InChI is InChI=1S/C14H21F3N2/c1-14(2,3)18-5-6-19(4)9-10-7-11(15)13(17)12(16)8-10/h7-8,18H,5-6,9H2,1-4H3. The average Bonchev–Trinajstić information content (AvgIpc) is 2.23. The molecule has 0 aliphatic carbocycles. The molecular weight excluding hydrogens is 253 g/mol. The summed E-state index contributed by atoms with van der Waals surface area (Å²) in [4.78, 5) is 1.92. The molecule has 1 N–H and O–H groups in total. The van der Waals surface area contributed by atoms with E-state index in [9.17, 15) is 13.2 Å². The van der Waals surface area contributed by atoms with Crippen molar-refractivity contribution in [1.82, 2.24) is 10.2 Å². The zero-order chi connectivity index (χ0) is 14.6. The summed E-state index contributed by atoms with van der Waals surface area (Å²) in [7, 11) is 1.85. The average molecular weight is 274 g/mol. The van der Waals surface area contributed by atoms with Crippen molar-refractivity contribution in [2.24, 2.45) is 0 Å². The van der Waals surface area contributed by atoms with Gasteiger partial charge in [0.2, 0.25) is 0 Å². The van der Waals surface area contributed by atoms with Crippen LogP contribution in [0.1, 0.15) is 26.3 Å². The van der Waals surface area contributed by atoms with Gasteiger partial charge in [-0.3, -0.25) is 0 Å². The molecule has 108 valence electrons. The highest BCUT2D eigenvalue weighted by molar-refractivity contribution is 5.19. The molecule has 0 spiro atoms. The zero-order valence-electron chi connectivity index (χ0n) is 11.9. The molecule has 0 saturated carbocycles. The van der Waals surface area contributed by atoms with Crippen molar-refractivity contribution in [1.29, 1.82) is 0 Å². The molecule has 1 rings (SSSR count). The number of rotatable bonds is 5. The summed E-state index contributed by atoms with van der Waals surface area (Å²) in [5.74, 6) is -3.70. The van der Waals surface area contributed by atoms with E-state index in [2.05, 4.69) is 26.1 Å². The molecule has 0 heterocycles. The Hall–Kier alpha value is -1.07. The summed E-state index contributed by atoms with van der Waals surface area (Å²) < 4.78 is 38.9. The Labute approximate surface area is 112 Å². The van der Waals surface area contributed by atoms with Crippen LogP contribution in [0.3, 0.4) is 0 Å². The lowest BCUT2D eigenvalue weighted by atomic mass is 10.1. The first-order chi connectivity index (χ1) is 8.69. The van der Waals surface area contributed by atoms with Crippen LogP contribution in [0.5, 0.6) is 0 Å². The first-order valence-corrected chi connectivity index (χ1v) is 6.26. The summed E-state index contributed by atoms with van der Waals surface area (Å²) in [5.41, 5.74) is 0.462. The quantitative estimate of drug-likeness (QED) is 0.831. The smallest absolute Gasteiger partial charge is 0.194 e. The van der Waals surface area contributed by atoms with Gasteiger partial charge in [-0.2, -0.15) is 0 Å². The van der Waals surface area contributed by atoms with E-state index in [0.29, 0.717) is 12.1 Å². The fourth-order valence-corrected chi connectivity index (χ4v) is 1.71. The molecule has 1 aromatic carbocycles. The van der Waals surface area contributed by atoms with Gasteiger partial charge in [0.1, 0.15) is 0 Å². The van der Waals surface area contributed by atoms with Crippen molar-refractivity contribution in [3.05, 3.63) is 35.1 Å². The van der Waals surface area contributed by atoms with Crippen LogP contribution < -0.4 is 5.32 Å². The van der Waals surface area contributed by atoms with Crippen molar-refractivity contribution in [3.8, 4) is 0 Å². The van der Waals surface area contributed by atoms with E-state index in [4.69, 9.17) is 0 Å². The van der Waals surface area contributed by atoms with Gasteiger partial charge in [0, 0.05) is 25.2 Å². The summed E-state index contributed by atoms with van der Waals surface area (Å²) in [5, 5.41) is 3.32. The molecule has 2 nitrogen and oxygen atoms in total. The van der Waals surface area contributed by atoms with E-state index in [-0.39, 0.29) is 5.54 Å².